The molecule has 0 aliphatic heterocycles. The van der Waals surface area contributed by atoms with Gasteiger partial charge in [0.15, 0.2) is 6.19 Å². The second kappa shape index (κ2) is 11.5. The van der Waals surface area contributed by atoms with Gasteiger partial charge in [0.05, 0.1) is 0 Å². The zero-order valence-electron chi connectivity index (χ0n) is 9.76. The largest absolute Gasteiger partial charge is 0.293 e. The molecular formula is C12H20N2. The Kier molecular flexibility index (Phi) is 12.3. The van der Waals surface area contributed by atoms with E-state index in [-0.39, 0.29) is 0 Å². The van der Waals surface area contributed by atoms with E-state index in [2.05, 4.69) is 5.32 Å². The van der Waals surface area contributed by atoms with E-state index in [4.69, 9.17) is 5.26 Å². The standard InChI is InChI=1S/C8H8N2.2C2H6/c1-7-2-4-8(5-3-7)10-6-9;2*1-2/h2-5,10H,1H3;2*1-2H3. The average molecular weight is 192 g/mol. The Morgan fingerprint density at radius 3 is 1.79 bits per heavy atom. The zero-order valence-corrected chi connectivity index (χ0v) is 9.76. The van der Waals surface area contributed by atoms with Gasteiger partial charge in [-0.25, -0.2) is 0 Å². The molecule has 0 saturated carbocycles. The molecule has 0 heterocycles. The summed E-state index contributed by atoms with van der Waals surface area (Å²) in [4.78, 5) is 0. The summed E-state index contributed by atoms with van der Waals surface area (Å²) in [5, 5.41) is 10.8. The summed E-state index contributed by atoms with van der Waals surface area (Å²) < 4.78 is 0. The molecule has 78 valence electrons. The molecule has 0 atom stereocenters. The van der Waals surface area contributed by atoms with Crippen molar-refractivity contribution in [2.75, 3.05) is 5.32 Å². The first-order chi connectivity index (χ1) is 6.83. The molecule has 0 fully saturated rings. The van der Waals surface area contributed by atoms with Crippen LogP contribution in [0.2, 0.25) is 0 Å². The van der Waals surface area contributed by atoms with Gasteiger partial charge in [0, 0.05) is 5.69 Å². The monoisotopic (exact) mass is 192 g/mol. The second-order valence-electron chi connectivity index (χ2n) is 2.10. The summed E-state index contributed by atoms with van der Waals surface area (Å²) in [6.07, 6.45) is 1.85. The van der Waals surface area contributed by atoms with Gasteiger partial charge in [-0.2, -0.15) is 5.26 Å². The highest BCUT2D eigenvalue weighted by molar-refractivity contribution is 5.47. The molecule has 0 aromatic heterocycles. The predicted molar refractivity (Wildman–Crippen MR) is 63.1 cm³/mol. The lowest BCUT2D eigenvalue weighted by molar-refractivity contribution is 1.44. The highest BCUT2D eigenvalue weighted by Gasteiger charge is 1.86. The van der Waals surface area contributed by atoms with Crippen molar-refractivity contribution in [2.24, 2.45) is 0 Å². The maximum absolute atomic E-state index is 8.23. The van der Waals surface area contributed by atoms with Gasteiger partial charge in [-0.3, -0.25) is 5.32 Å². The lowest BCUT2D eigenvalue weighted by Crippen LogP contribution is -1.85. The molecule has 14 heavy (non-hydrogen) atoms. The maximum Gasteiger partial charge on any atom is 0.181 e. The summed E-state index contributed by atoms with van der Waals surface area (Å²) in [5.74, 6) is 0. The van der Waals surface area contributed by atoms with E-state index >= 15 is 0 Å². The Hall–Kier alpha value is -1.49. The van der Waals surface area contributed by atoms with Crippen LogP contribution < -0.4 is 5.32 Å². The van der Waals surface area contributed by atoms with Crippen molar-refractivity contribution in [3.8, 4) is 6.19 Å². The molecule has 0 spiro atoms. The van der Waals surface area contributed by atoms with Gasteiger partial charge in [0.2, 0.25) is 0 Å². The summed E-state index contributed by atoms with van der Waals surface area (Å²) in [6.45, 7) is 10.0. The molecule has 0 bridgehead atoms. The van der Waals surface area contributed by atoms with Crippen molar-refractivity contribution in [1.29, 1.82) is 5.26 Å². The Morgan fingerprint density at radius 1 is 1.00 bits per heavy atom. The normalized spacial score (nSPS) is 6.86. The summed E-state index contributed by atoms with van der Waals surface area (Å²) in [6, 6.07) is 7.66. The van der Waals surface area contributed by atoms with Crippen molar-refractivity contribution < 1.29 is 0 Å². The van der Waals surface area contributed by atoms with Crippen LogP contribution in [0.4, 0.5) is 5.69 Å². The van der Waals surface area contributed by atoms with Crippen LogP contribution >= 0.6 is 0 Å². The molecule has 0 saturated heterocycles. The number of rotatable bonds is 1. The SMILES string of the molecule is CC.CC.Cc1ccc(NC#N)cc1. The Morgan fingerprint density at radius 2 is 1.43 bits per heavy atom. The molecule has 1 rings (SSSR count). The Balaban J connectivity index is 0. The number of nitrogens with zero attached hydrogens (tertiary/aromatic N) is 1. The van der Waals surface area contributed by atoms with E-state index in [0.29, 0.717) is 0 Å². The average Bonchev–Trinajstić information content (AvgIpc) is 2.28. The summed E-state index contributed by atoms with van der Waals surface area (Å²) in [5.41, 5.74) is 2.04. The van der Waals surface area contributed by atoms with Gasteiger partial charge in [0.25, 0.3) is 0 Å². The van der Waals surface area contributed by atoms with Crippen molar-refractivity contribution in [3.05, 3.63) is 29.8 Å². The van der Waals surface area contributed by atoms with E-state index < -0.39 is 0 Å². The third kappa shape index (κ3) is 7.17. The third-order valence-corrected chi connectivity index (χ3v) is 1.25. The van der Waals surface area contributed by atoms with Gasteiger partial charge >= 0.3 is 0 Å². The maximum atomic E-state index is 8.23. The number of hydrogen-bond acceptors (Lipinski definition) is 2. The highest BCUT2D eigenvalue weighted by Crippen LogP contribution is 2.06. The second-order valence-corrected chi connectivity index (χ2v) is 2.10. The molecule has 1 aromatic rings. The fourth-order valence-corrected chi connectivity index (χ4v) is 0.701. The van der Waals surface area contributed by atoms with E-state index in [1.165, 1.54) is 5.56 Å². The topological polar surface area (TPSA) is 35.8 Å². The zero-order chi connectivity index (χ0) is 11.4. The quantitative estimate of drug-likeness (QED) is 0.540. The Bertz CT molecular complexity index is 244. The molecule has 2 nitrogen and oxygen atoms in total. The van der Waals surface area contributed by atoms with E-state index in [0.717, 1.165) is 5.69 Å². The molecule has 0 radical (unpaired) electrons. The number of benzene rings is 1. The van der Waals surface area contributed by atoms with Gasteiger partial charge in [-0.1, -0.05) is 45.4 Å². The van der Waals surface area contributed by atoms with Crippen LogP contribution in [0.3, 0.4) is 0 Å². The molecule has 1 N–H and O–H groups in total. The third-order valence-electron chi connectivity index (χ3n) is 1.25. The van der Waals surface area contributed by atoms with Crippen LogP contribution in [0.25, 0.3) is 0 Å². The van der Waals surface area contributed by atoms with Crippen molar-refractivity contribution in [3.63, 3.8) is 0 Å². The first kappa shape index (κ1) is 15.0. The number of nitrogens with one attached hydrogen (secondary N) is 1. The number of hydrogen-bond donors (Lipinski definition) is 1. The lowest BCUT2D eigenvalue weighted by Gasteiger charge is -1.95. The van der Waals surface area contributed by atoms with Crippen molar-refractivity contribution in [2.45, 2.75) is 34.6 Å². The fraction of sp³-hybridized carbons (Fsp3) is 0.417. The van der Waals surface area contributed by atoms with E-state index in [1.54, 1.807) is 0 Å². The lowest BCUT2D eigenvalue weighted by atomic mass is 10.2. The van der Waals surface area contributed by atoms with Gasteiger partial charge in [0.1, 0.15) is 0 Å². The molecule has 0 aliphatic carbocycles. The molecule has 2 heteroatoms. The van der Waals surface area contributed by atoms with Crippen LogP contribution in [-0.4, -0.2) is 0 Å². The molecule has 0 unspecified atom stereocenters. The molecule has 1 aromatic carbocycles. The summed E-state index contributed by atoms with van der Waals surface area (Å²) in [7, 11) is 0. The van der Waals surface area contributed by atoms with Crippen molar-refractivity contribution in [1.82, 2.24) is 0 Å². The Labute approximate surface area is 87.6 Å². The minimum Gasteiger partial charge on any atom is -0.293 e. The number of anilines is 1. The van der Waals surface area contributed by atoms with E-state index in [1.807, 2.05) is 65.1 Å². The van der Waals surface area contributed by atoms with Gasteiger partial charge in [-0.05, 0) is 19.1 Å². The van der Waals surface area contributed by atoms with Gasteiger partial charge < -0.3 is 0 Å². The molecule has 0 aliphatic rings. The van der Waals surface area contributed by atoms with E-state index in [9.17, 15) is 0 Å². The fourth-order valence-electron chi connectivity index (χ4n) is 0.701. The minimum absolute atomic E-state index is 0.841. The molecule has 0 amide bonds. The van der Waals surface area contributed by atoms with Crippen LogP contribution in [0.5, 0.6) is 0 Å². The number of aryl methyl sites for hydroxylation is 1. The smallest absolute Gasteiger partial charge is 0.181 e. The highest BCUT2D eigenvalue weighted by atomic mass is 14.9. The van der Waals surface area contributed by atoms with Crippen LogP contribution in [0, 0.1) is 18.4 Å². The first-order valence-corrected chi connectivity index (χ1v) is 5.04. The van der Waals surface area contributed by atoms with Crippen LogP contribution in [-0.2, 0) is 0 Å². The minimum atomic E-state index is 0.841. The number of nitriles is 1. The first-order valence-electron chi connectivity index (χ1n) is 5.04. The van der Waals surface area contributed by atoms with Crippen molar-refractivity contribution >= 4 is 5.69 Å². The van der Waals surface area contributed by atoms with Crippen LogP contribution in [0.1, 0.15) is 33.3 Å². The molecular weight excluding hydrogens is 172 g/mol. The van der Waals surface area contributed by atoms with Gasteiger partial charge in [-0.15, -0.1) is 0 Å². The predicted octanol–water partition coefficient (Wildman–Crippen LogP) is 3.94. The van der Waals surface area contributed by atoms with Crippen LogP contribution in [0.15, 0.2) is 24.3 Å². The summed E-state index contributed by atoms with van der Waals surface area (Å²) >= 11 is 0.